The lowest BCUT2D eigenvalue weighted by Gasteiger charge is -2.02. The number of nitrogens with zero attached hydrogens (tertiary/aromatic N) is 1. The summed E-state index contributed by atoms with van der Waals surface area (Å²) in [7, 11) is 0. The average molecular weight is 200 g/mol. The van der Waals surface area contributed by atoms with Crippen LogP contribution in [0.15, 0.2) is 10.9 Å². The Morgan fingerprint density at radius 2 is 2.54 bits per heavy atom. The fourth-order valence-corrected chi connectivity index (χ4v) is 1.54. The van der Waals surface area contributed by atoms with E-state index in [2.05, 4.69) is 15.7 Å². The van der Waals surface area contributed by atoms with E-state index >= 15 is 0 Å². The maximum atomic E-state index is 5.22. The Hall–Kier alpha value is -0.450. The molecule has 4 heteroatoms. The third kappa shape index (κ3) is 4.98. The van der Waals surface area contributed by atoms with Crippen molar-refractivity contribution >= 4 is 11.3 Å². The highest BCUT2D eigenvalue weighted by Crippen LogP contribution is 1.99. The van der Waals surface area contributed by atoms with Gasteiger partial charge in [-0.25, -0.2) is 4.98 Å². The fraction of sp³-hybridized carbons (Fsp3) is 0.667. The predicted octanol–water partition coefficient (Wildman–Crippen LogP) is 1.66. The fourth-order valence-electron chi connectivity index (χ4n) is 0.985. The van der Waals surface area contributed by atoms with Gasteiger partial charge in [-0.15, -0.1) is 11.3 Å². The number of thiazole rings is 1. The summed E-state index contributed by atoms with van der Waals surface area (Å²) >= 11 is 1.64. The van der Waals surface area contributed by atoms with Gasteiger partial charge < -0.3 is 10.1 Å². The van der Waals surface area contributed by atoms with Gasteiger partial charge in [0.1, 0.15) is 0 Å². The van der Waals surface area contributed by atoms with Crippen molar-refractivity contribution in [2.24, 2.45) is 0 Å². The molecule has 0 saturated carbocycles. The second-order valence-corrected chi connectivity index (χ2v) is 3.43. The van der Waals surface area contributed by atoms with Crippen molar-refractivity contribution in [3.05, 3.63) is 16.6 Å². The summed E-state index contributed by atoms with van der Waals surface area (Å²) in [5, 5.41) is 5.38. The van der Waals surface area contributed by atoms with Crippen LogP contribution in [0, 0.1) is 0 Å². The molecule has 1 N–H and O–H groups in total. The molecule has 0 unspecified atom stereocenters. The molecule has 0 aromatic carbocycles. The first-order valence-electron chi connectivity index (χ1n) is 4.59. The van der Waals surface area contributed by atoms with Crippen molar-refractivity contribution in [2.45, 2.75) is 19.9 Å². The summed E-state index contributed by atoms with van der Waals surface area (Å²) in [5.74, 6) is 0. The second-order valence-electron chi connectivity index (χ2n) is 2.71. The van der Waals surface area contributed by atoms with Crippen LogP contribution in [0.1, 0.15) is 19.0 Å². The van der Waals surface area contributed by atoms with Crippen molar-refractivity contribution in [2.75, 3.05) is 19.8 Å². The van der Waals surface area contributed by atoms with Gasteiger partial charge >= 0.3 is 0 Å². The van der Waals surface area contributed by atoms with Crippen LogP contribution < -0.4 is 5.32 Å². The largest absolute Gasteiger partial charge is 0.382 e. The topological polar surface area (TPSA) is 34.1 Å². The molecule has 0 radical (unpaired) electrons. The molecule has 0 atom stereocenters. The van der Waals surface area contributed by atoms with Crippen molar-refractivity contribution < 1.29 is 4.74 Å². The first kappa shape index (κ1) is 10.6. The molecular formula is C9H16N2OS. The van der Waals surface area contributed by atoms with Crippen LogP contribution in [-0.4, -0.2) is 24.7 Å². The van der Waals surface area contributed by atoms with Crippen molar-refractivity contribution in [1.29, 1.82) is 0 Å². The number of hydrogen-bond acceptors (Lipinski definition) is 4. The number of ether oxygens (including phenoxy) is 1. The van der Waals surface area contributed by atoms with E-state index in [0.29, 0.717) is 0 Å². The summed E-state index contributed by atoms with van der Waals surface area (Å²) in [6.45, 7) is 5.54. The van der Waals surface area contributed by atoms with E-state index in [-0.39, 0.29) is 0 Å². The molecule has 74 valence electrons. The molecule has 1 rings (SSSR count). The molecule has 13 heavy (non-hydrogen) atoms. The van der Waals surface area contributed by atoms with Gasteiger partial charge in [0.2, 0.25) is 0 Å². The van der Waals surface area contributed by atoms with Gasteiger partial charge in [0.25, 0.3) is 0 Å². The van der Waals surface area contributed by atoms with E-state index in [9.17, 15) is 0 Å². The summed E-state index contributed by atoms with van der Waals surface area (Å²) in [6.07, 6.45) is 1.07. The Morgan fingerprint density at radius 3 is 3.23 bits per heavy atom. The zero-order chi connectivity index (χ0) is 9.36. The smallest absolute Gasteiger partial charge is 0.0795 e. The average Bonchev–Trinajstić information content (AvgIpc) is 2.63. The molecule has 0 fully saturated rings. The molecule has 0 saturated heterocycles. The molecule has 0 amide bonds. The van der Waals surface area contributed by atoms with Crippen LogP contribution in [0.25, 0.3) is 0 Å². The number of nitrogens with one attached hydrogen (secondary N) is 1. The van der Waals surface area contributed by atoms with E-state index in [1.807, 2.05) is 12.4 Å². The Bertz CT molecular complexity index is 201. The van der Waals surface area contributed by atoms with E-state index in [1.54, 1.807) is 11.3 Å². The molecule has 1 heterocycles. The van der Waals surface area contributed by atoms with Gasteiger partial charge in [0.05, 0.1) is 11.2 Å². The third-order valence-corrected chi connectivity index (χ3v) is 2.27. The zero-order valence-corrected chi connectivity index (χ0v) is 8.77. The van der Waals surface area contributed by atoms with Crippen LogP contribution in [0.2, 0.25) is 0 Å². The summed E-state index contributed by atoms with van der Waals surface area (Å²) < 4.78 is 5.22. The van der Waals surface area contributed by atoms with Crippen molar-refractivity contribution in [1.82, 2.24) is 10.3 Å². The van der Waals surface area contributed by atoms with Gasteiger partial charge in [-0.05, 0) is 19.9 Å². The van der Waals surface area contributed by atoms with E-state index < -0.39 is 0 Å². The highest BCUT2D eigenvalue weighted by atomic mass is 32.1. The minimum absolute atomic E-state index is 0.812. The lowest BCUT2D eigenvalue weighted by atomic mass is 10.4. The number of rotatable bonds is 7. The third-order valence-electron chi connectivity index (χ3n) is 1.64. The van der Waals surface area contributed by atoms with E-state index in [1.165, 1.54) is 0 Å². The minimum Gasteiger partial charge on any atom is -0.382 e. The lowest BCUT2D eigenvalue weighted by Crippen LogP contribution is -2.16. The van der Waals surface area contributed by atoms with Gasteiger partial charge in [-0.2, -0.15) is 0 Å². The Balaban J connectivity index is 1.90. The molecule has 0 aliphatic heterocycles. The van der Waals surface area contributed by atoms with Gasteiger partial charge in [-0.3, -0.25) is 0 Å². The molecular weight excluding hydrogens is 184 g/mol. The number of hydrogen-bond donors (Lipinski definition) is 1. The van der Waals surface area contributed by atoms with Crippen LogP contribution in [0.3, 0.4) is 0 Å². The Morgan fingerprint density at radius 1 is 1.62 bits per heavy atom. The Labute approximate surface area is 83.1 Å². The van der Waals surface area contributed by atoms with Gasteiger partial charge in [0, 0.05) is 25.1 Å². The Kier molecular flexibility index (Phi) is 5.73. The van der Waals surface area contributed by atoms with Crippen molar-refractivity contribution in [3.63, 3.8) is 0 Å². The van der Waals surface area contributed by atoms with Crippen LogP contribution in [0.4, 0.5) is 0 Å². The summed E-state index contributed by atoms with van der Waals surface area (Å²) in [5.41, 5.74) is 2.98. The maximum absolute atomic E-state index is 5.22. The van der Waals surface area contributed by atoms with Crippen LogP contribution >= 0.6 is 11.3 Å². The SMILES string of the molecule is CCOCCCNCc1cscn1. The molecule has 0 spiro atoms. The van der Waals surface area contributed by atoms with Crippen LogP contribution in [-0.2, 0) is 11.3 Å². The van der Waals surface area contributed by atoms with Crippen molar-refractivity contribution in [3.8, 4) is 0 Å². The molecule has 0 aliphatic carbocycles. The molecule has 3 nitrogen and oxygen atoms in total. The van der Waals surface area contributed by atoms with Gasteiger partial charge in [0.15, 0.2) is 0 Å². The highest BCUT2D eigenvalue weighted by molar-refractivity contribution is 7.07. The van der Waals surface area contributed by atoms with E-state index in [4.69, 9.17) is 4.74 Å². The maximum Gasteiger partial charge on any atom is 0.0795 e. The molecule has 1 aromatic rings. The predicted molar refractivity (Wildman–Crippen MR) is 54.9 cm³/mol. The molecule has 0 bridgehead atoms. The normalized spacial score (nSPS) is 10.5. The van der Waals surface area contributed by atoms with Crippen LogP contribution in [0.5, 0.6) is 0 Å². The summed E-state index contributed by atoms with van der Waals surface area (Å²) in [4.78, 5) is 4.17. The lowest BCUT2D eigenvalue weighted by molar-refractivity contribution is 0.144. The quantitative estimate of drug-likeness (QED) is 0.680. The minimum atomic E-state index is 0.812. The molecule has 0 aliphatic rings. The van der Waals surface area contributed by atoms with Gasteiger partial charge in [-0.1, -0.05) is 0 Å². The highest BCUT2D eigenvalue weighted by Gasteiger charge is 1.93. The summed E-state index contributed by atoms with van der Waals surface area (Å²) in [6, 6.07) is 0. The number of aromatic nitrogens is 1. The first-order chi connectivity index (χ1) is 6.43. The molecule has 1 aromatic heterocycles. The second kappa shape index (κ2) is 7.00. The van der Waals surface area contributed by atoms with E-state index in [0.717, 1.165) is 38.4 Å². The first-order valence-corrected chi connectivity index (χ1v) is 5.53. The zero-order valence-electron chi connectivity index (χ0n) is 7.95. The monoisotopic (exact) mass is 200 g/mol. The standard InChI is InChI=1S/C9H16N2OS/c1-2-12-5-3-4-10-6-9-7-13-8-11-9/h7-8,10H,2-6H2,1H3.